The van der Waals surface area contributed by atoms with Gasteiger partial charge >= 0.3 is 0 Å². The molecule has 31 heavy (non-hydrogen) atoms. The van der Waals surface area contributed by atoms with Crippen molar-refractivity contribution in [2.24, 2.45) is 5.73 Å². The average molecular weight is 472 g/mol. The number of nitriles is 1. The number of ketones is 1. The monoisotopic (exact) mass is 471 g/mol. The third-order valence-corrected chi connectivity index (χ3v) is 8.92. The van der Waals surface area contributed by atoms with Gasteiger partial charge in [-0.2, -0.15) is 5.26 Å². The summed E-state index contributed by atoms with van der Waals surface area (Å²) in [6.45, 7) is 8.56. The molecule has 0 bridgehead atoms. The van der Waals surface area contributed by atoms with Gasteiger partial charge in [-0.15, -0.1) is 21.5 Å². The number of aromatic nitrogens is 2. The number of carbonyl (C=O) groups is 1. The van der Waals surface area contributed by atoms with Crippen molar-refractivity contribution >= 4 is 45.4 Å². The number of carbonyl (C=O) groups excluding carboxylic acids is 1. The molecule has 9 heteroatoms. The largest absolute Gasteiger partial charge is 0.384 e. The van der Waals surface area contributed by atoms with Gasteiger partial charge in [0.1, 0.15) is 5.82 Å². The molecule has 162 valence electrons. The predicted octanol–water partition coefficient (Wildman–Crippen LogP) is 5.31. The summed E-state index contributed by atoms with van der Waals surface area (Å²) in [5.41, 5.74) is 8.57. The zero-order valence-electron chi connectivity index (χ0n) is 18.1. The summed E-state index contributed by atoms with van der Waals surface area (Å²) in [6, 6.07) is 6.47. The fraction of sp³-hybridized carbons (Fsp3) is 0.455. The summed E-state index contributed by atoms with van der Waals surface area (Å²) >= 11 is 4.72. The number of Topliss-reactive ketones (excluding diaryl/α,β-unsaturated/α-hetero) is 1. The first-order valence-corrected chi connectivity index (χ1v) is 12.9. The molecule has 2 aliphatic rings. The number of nitrogens with zero attached hydrogens (tertiary/aromatic N) is 4. The van der Waals surface area contributed by atoms with E-state index >= 15 is 0 Å². The summed E-state index contributed by atoms with van der Waals surface area (Å²) in [7, 11) is 0. The van der Waals surface area contributed by atoms with Gasteiger partial charge in [0.2, 0.25) is 5.13 Å². The molecule has 1 unspecified atom stereocenters. The van der Waals surface area contributed by atoms with Crippen molar-refractivity contribution in [1.29, 1.82) is 5.26 Å². The molecule has 0 amide bonds. The van der Waals surface area contributed by atoms with E-state index in [2.05, 4.69) is 50.0 Å². The third-order valence-electron chi connectivity index (χ3n) is 5.42. The van der Waals surface area contributed by atoms with E-state index in [4.69, 9.17) is 5.73 Å². The van der Waals surface area contributed by atoms with Crippen LogP contribution in [0.1, 0.15) is 62.6 Å². The number of anilines is 1. The van der Waals surface area contributed by atoms with Gasteiger partial charge in [0, 0.05) is 27.4 Å². The lowest BCUT2D eigenvalue weighted by molar-refractivity contribution is -0.116. The minimum absolute atomic E-state index is 0.000623. The number of thioether (sulfide) groups is 1. The molecule has 1 atom stereocenters. The molecule has 0 radical (unpaired) electrons. The molecule has 3 heterocycles. The van der Waals surface area contributed by atoms with Crippen LogP contribution in [0.5, 0.6) is 0 Å². The smallest absolute Gasteiger partial charge is 0.219 e. The highest BCUT2D eigenvalue weighted by atomic mass is 32.2. The van der Waals surface area contributed by atoms with Crippen molar-refractivity contribution in [2.75, 3.05) is 10.7 Å². The fourth-order valence-electron chi connectivity index (χ4n) is 3.98. The summed E-state index contributed by atoms with van der Waals surface area (Å²) in [5.74, 6) is 0.931. The van der Waals surface area contributed by atoms with Crippen LogP contribution in [0.25, 0.3) is 0 Å². The maximum Gasteiger partial charge on any atom is 0.219 e. The Morgan fingerprint density at radius 3 is 2.71 bits per heavy atom. The molecular weight excluding hydrogens is 446 g/mol. The SMILES string of the molecule is CCSc1nnc(N2C(N)=C(C#N)C(c3ccc(C(C)(C)C)s3)C3=C2CCCC3=O)s1. The second-order valence-electron chi connectivity index (χ2n) is 8.55. The topological polar surface area (TPSA) is 95.9 Å². The fourth-order valence-corrected chi connectivity index (χ4v) is 6.94. The van der Waals surface area contributed by atoms with Crippen LogP contribution in [-0.2, 0) is 10.2 Å². The normalized spacial score (nSPS) is 19.6. The van der Waals surface area contributed by atoms with Crippen LogP contribution in [0, 0.1) is 11.3 Å². The summed E-state index contributed by atoms with van der Waals surface area (Å²) in [6.07, 6.45) is 1.99. The van der Waals surface area contributed by atoms with Gasteiger partial charge in [-0.3, -0.25) is 9.69 Å². The van der Waals surface area contributed by atoms with Gasteiger partial charge in [0.15, 0.2) is 10.1 Å². The highest BCUT2D eigenvalue weighted by Gasteiger charge is 2.42. The van der Waals surface area contributed by atoms with Gasteiger partial charge in [-0.25, -0.2) is 0 Å². The Labute approximate surface area is 194 Å². The molecule has 4 rings (SSSR count). The maximum absolute atomic E-state index is 13.2. The Balaban J connectivity index is 1.88. The first-order valence-electron chi connectivity index (χ1n) is 10.3. The molecule has 0 saturated carbocycles. The zero-order valence-corrected chi connectivity index (χ0v) is 20.5. The van der Waals surface area contributed by atoms with Crippen LogP contribution < -0.4 is 10.6 Å². The number of nitrogens with two attached hydrogens (primary N) is 1. The Bertz CT molecular complexity index is 1130. The van der Waals surface area contributed by atoms with Crippen LogP contribution in [0.15, 0.2) is 39.1 Å². The molecule has 0 fully saturated rings. The van der Waals surface area contributed by atoms with Crippen molar-refractivity contribution in [2.45, 2.75) is 62.6 Å². The van der Waals surface area contributed by atoms with Crippen molar-refractivity contribution < 1.29 is 4.79 Å². The molecule has 1 aliphatic heterocycles. The van der Waals surface area contributed by atoms with Crippen molar-refractivity contribution in [3.8, 4) is 6.07 Å². The Kier molecular flexibility index (Phi) is 5.99. The van der Waals surface area contributed by atoms with E-state index in [9.17, 15) is 10.1 Å². The van der Waals surface area contributed by atoms with E-state index in [-0.39, 0.29) is 11.2 Å². The van der Waals surface area contributed by atoms with Gasteiger partial charge in [-0.1, -0.05) is 50.8 Å². The lowest BCUT2D eigenvalue weighted by atomic mass is 9.78. The van der Waals surface area contributed by atoms with Crippen molar-refractivity contribution in [3.05, 3.63) is 44.6 Å². The highest BCUT2D eigenvalue weighted by Crippen LogP contribution is 2.49. The first-order chi connectivity index (χ1) is 14.8. The van der Waals surface area contributed by atoms with Gasteiger partial charge in [-0.05, 0) is 36.1 Å². The van der Waals surface area contributed by atoms with E-state index in [0.717, 1.165) is 33.5 Å². The lowest BCUT2D eigenvalue weighted by Gasteiger charge is -2.37. The van der Waals surface area contributed by atoms with Crippen molar-refractivity contribution in [1.82, 2.24) is 10.2 Å². The molecule has 0 saturated heterocycles. The minimum atomic E-state index is -0.414. The Hall–Kier alpha value is -2.15. The lowest BCUT2D eigenvalue weighted by Crippen LogP contribution is -2.38. The predicted molar refractivity (Wildman–Crippen MR) is 127 cm³/mol. The summed E-state index contributed by atoms with van der Waals surface area (Å²) in [5, 5.41) is 19.3. The van der Waals surface area contributed by atoms with E-state index in [1.807, 2.05) is 6.07 Å². The Morgan fingerprint density at radius 1 is 1.29 bits per heavy atom. The van der Waals surface area contributed by atoms with Gasteiger partial charge < -0.3 is 5.73 Å². The van der Waals surface area contributed by atoms with Crippen LogP contribution in [-0.4, -0.2) is 21.7 Å². The second kappa shape index (κ2) is 8.41. The van der Waals surface area contributed by atoms with E-state index in [1.54, 1.807) is 28.0 Å². The van der Waals surface area contributed by atoms with Gasteiger partial charge in [0.25, 0.3) is 0 Å². The average Bonchev–Trinajstić information content (AvgIpc) is 3.37. The summed E-state index contributed by atoms with van der Waals surface area (Å²) in [4.78, 5) is 17.2. The molecule has 6 nitrogen and oxygen atoms in total. The first kappa shape index (κ1) is 22.1. The van der Waals surface area contributed by atoms with Crippen LogP contribution in [0.3, 0.4) is 0 Å². The minimum Gasteiger partial charge on any atom is -0.384 e. The molecule has 2 aromatic rings. The van der Waals surface area contributed by atoms with Crippen LogP contribution >= 0.6 is 34.4 Å². The molecule has 2 N–H and O–H groups in total. The molecule has 0 aromatic carbocycles. The van der Waals surface area contributed by atoms with E-state index in [1.165, 1.54) is 16.2 Å². The van der Waals surface area contributed by atoms with E-state index < -0.39 is 5.92 Å². The molecule has 0 spiro atoms. The standard InChI is InChI=1S/C22H25N5OS3/c1-5-29-21-26-25-20(31-21)27-13-7-6-8-14(28)18(13)17(12(11-23)19(27)24)15-9-10-16(30-15)22(2,3)4/h9-10,17H,5-8,24H2,1-4H3. The number of thiophene rings is 1. The highest BCUT2D eigenvalue weighted by molar-refractivity contribution is 8.01. The maximum atomic E-state index is 13.2. The number of allylic oxidation sites excluding steroid dienone is 3. The number of rotatable bonds is 4. The van der Waals surface area contributed by atoms with Crippen LogP contribution in [0.4, 0.5) is 5.13 Å². The van der Waals surface area contributed by atoms with Gasteiger partial charge in [0.05, 0.1) is 17.6 Å². The summed E-state index contributed by atoms with van der Waals surface area (Å²) < 4.78 is 0.850. The van der Waals surface area contributed by atoms with Crippen molar-refractivity contribution in [3.63, 3.8) is 0 Å². The molecular formula is C22H25N5OS3. The quantitative estimate of drug-likeness (QED) is 0.603. The van der Waals surface area contributed by atoms with E-state index in [0.29, 0.717) is 28.5 Å². The molecule has 1 aliphatic carbocycles. The number of hydrogen-bond donors (Lipinski definition) is 1. The third kappa shape index (κ3) is 3.93. The zero-order chi connectivity index (χ0) is 22.3. The number of hydrogen-bond acceptors (Lipinski definition) is 9. The molecule has 2 aromatic heterocycles. The van der Waals surface area contributed by atoms with Crippen LogP contribution in [0.2, 0.25) is 0 Å². The second-order valence-corrected chi connectivity index (χ2v) is 12.1. The Morgan fingerprint density at radius 2 is 2.06 bits per heavy atom.